The summed E-state index contributed by atoms with van der Waals surface area (Å²) in [6.45, 7) is 1.38. The smallest absolute Gasteiger partial charge is 0.276 e. The van der Waals surface area contributed by atoms with Gasteiger partial charge in [-0.25, -0.2) is 0 Å². The minimum Gasteiger partial charge on any atom is -0.484 e. The van der Waals surface area contributed by atoms with Crippen LogP contribution in [0.2, 0.25) is 0 Å². The minimum absolute atomic E-state index is 0.0968. The molecule has 2 amide bonds. The standard InChI is InChI=1S/C24H22N2O5/c1-17-6-5-9-21(14-17)31-16-23(28)26-25-22(27)15-30-20-12-10-19(11-13-20)24(29)18-7-3-2-4-8-18/h2-14H,15-16H2,1H3,(H,25,27)(H,26,28). The highest BCUT2D eigenvalue weighted by Gasteiger charge is 2.10. The molecule has 158 valence electrons. The van der Waals surface area contributed by atoms with E-state index in [1.165, 1.54) is 0 Å². The molecule has 0 aliphatic rings. The van der Waals surface area contributed by atoms with E-state index < -0.39 is 11.8 Å². The van der Waals surface area contributed by atoms with Crippen LogP contribution in [0.4, 0.5) is 0 Å². The lowest BCUT2D eigenvalue weighted by molar-refractivity contribution is -0.131. The highest BCUT2D eigenvalue weighted by Crippen LogP contribution is 2.15. The second-order valence-electron chi connectivity index (χ2n) is 6.71. The van der Waals surface area contributed by atoms with Gasteiger partial charge in [-0.05, 0) is 48.9 Å². The molecule has 3 aromatic rings. The summed E-state index contributed by atoms with van der Waals surface area (Å²) in [5, 5.41) is 0. The number of hydrogen-bond donors (Lipinski definition) is 2. The van der Waals surface area contributed by atoms with Gasteiger partial charge in [-0.1, -0.05) is 42.5 Å². The zero-order valence-electron chi connectivity index (χ0n) is 17.0. The van der Waals surface area contributed by atoms with Crippen molar-refractivity contribution in [3.63, 3.8) is 0 Å². The highest BCUT2D eigenvalue weighted by molar-refractivity contribution is 6.09. The first-order valence-corrected chi connectivity index (χ1v) is 9.61. The van der Waals surface area contributed by atoms with E-state index in [2.05, 4.69) is 10.9 Å². The average Bonchev–Trinajstić information content (AvgIpc) is 2.80. The Bertz CT molecular complexity index is 1050. The van der Waals surface area contributed by atoms with Gasteiger partial charge in [0.2, 0.25) is 0 Å². The van der Waals surface area contributed by atoms with Gasteiger partial charge in [0, 0.05) is 11.1 Å². The normalized spacial score (nSPS) is 10.1. The summed E-state index contributed by atoms with van der Waals surface area (Å²) in [5.74, 6) is -0.139. The van der Waals surface area contributed by atoms with Crippen molar-refractivity contribution < 1.29 is 23.9 Å². The van der Waals surface area contributed by atoms with Crippen LogP contribution in [0, 0.1) is 6.92 Å². The Morgan fingerprint density at radius 1 is 0.677 bits per heavy atom. The van der Waals surface area contributed by atoms with Crippen LogP contribution in [0.5, 0.6) is 11.5 Å². The van der Waals surface area contributed by atoms with E-state index in [1.807, 2.05) is 25.1 Å². The molecule has 2 N–H and O–H groups in total. The van der Waals surface area contributed by atoms with Crippen LogP contribution in [0.15, 0.2) is 78.9 Å². The fraction of sp³-hybridized carbons (Fsp3) is 0.125. The minimum atomic E-state index is -0.534. The van der Waals surface area contributed by atoms with Crippen molar-refractivity contribution in [2.75, 3.05) is 13.2 Å². The molecule has 0 saturated carbocycles. The summed E-state index contributed by atoms with van der Waals surface area (Å²) in [6, 6.07) is 22.7. The molecule has 0 aromatic heterocycles. The summed E-state index contributed by atoms with van der Waals surface area (Å²) in [4.78, 5) is 36.0. The van der Waals surface area contributed by atoms with Crippen molar-refractivity contribution in [2.24, 2.45) is 0 Å². The van der Waals surface area contributed by atoms with Crippen LogP contribution >= 0.6 is 0 Å². The second kappa shape index (κ2) is 10.6. The van der Waals surface area contributed by atoms with Crippen molar-refractivity contribution in [3.8, 4) is 11.5 Å². The SMILES string of the molecule is Cc1cccc(OCC(=O)NNC(=O)COc2ccc(C(=O)c3ccccc3)cc2)c1. The van der Waals surface area contributed by atoms with Gasteiger partial charge in [0.05, 0.1) is 0 Å². The van der Waals surface area contributed by atoms with E-state index >= 15 is 0 Å². The number of nitrogens with one attached hydrogen (secondary N) is 2. The van der Waals surface area contributed by atoms with Crippen molar-refractivity contribution >= 4 is 17.6 Å². The van der Waals surface area contributed by atoms with Gasteiger partial charge in [0.1, 0.15) is 11.5 Å². The highest BCUT2D eigenvalue weighted by atomic mass is 16.5. The summed E-state index contributed by atoms with van der Waals surface area (Å²) in [6.07, 6.45) is 0. The predicted octanol–water partition coefficient (Wildman–Crippen LogP) is 2.83. The lowest BCUT2D eigenvalue weighted by atomic mass is 10.0. The Hall–Kier alpha value is -4.13. The molecule has 0 radical (unpaired) electrons. The van der Waals surface area contributed by atoms with E-state index in [0.29, 0.717) is 22.6 Å². The van der Waals surface area contributed by atoms with E-state index in [0.717, 1.165) is 5.56 Å². The molecule has 0 bridgehead atoms. The van der Waals surface area contributed by atoms with Gasteiger partial charge < -0.3 is 9.47 Å². The fourth-order valence-electron chi connectivity index (χ4n) is 2.67. The number of hydrogen-bond acceptors (Lipinski definition) is 5. The quantitative estimate of drug-likeness (QED) is 0.433. The predicted molar refractivity (Wildman–Crippen MR) is 115 cm³/mol. The molecule has 0 fully saturated rings. The fourth-order valence-corrected chi connectivity index (χ4v) is 2.67. The Morgan fingerprint density at radius 3 is 1.87 bits per heavy atom. The Labute approximate surface area is 180 Å². The average molecular weight is 418 g/mol. The number of carbonyl (C=O) groups is 3. The van der Waals surface area contributed by atoms with Crippen molar-refractivity contribution in [3.05, 3.63) is 95.6 Å². The molecule has 0 spiro atoms. The van der Waals surface area contributed by atoms with Gasteiger partial charge >= 0.3 is 0 Å². The lowest BCUT2D eigenvalue weighted by Gasteiger charge is -2.10. The molecule has 0 unspecified atom stereocenters. The summed E-state index contributed by atoms with van der Waals surface area (Å²) in [7, 11) is 0. The Balaban J connectivity index is 1.39. The van der Waals surface area contributed by atoms with Gasteiger partial charge in [-0.3, -0.25) is 25.2 Å². The zero-order valence-corrected chi connectivity index (χ0v) is 17.0. The number of ketones is 1. The molecular formula is C24H22N2O5. The molecular weight excluding hydrogens is 396 g/mol. The molecule has 31 heavy (non-hydrogen) atoms. The molecule has 0 saturated heterocycles. The van der Waals surface area contributed by atoms with Crippen molar-refractivity contribution in [1.82, 2.24) is 10.9 Å². The number of rotatable bonds is 8. The number of amides is 2. The number of benzene rings is 3. The Kier molecular flexibility index (Phi) is 7.37. The van der Waals surface area contributed by atoms with Crippen molar-refractivity contribution in [2.45, 2.75) is 6.92 Å². The summed E-state index contributed by atoms with van der Waals surface area (Å²) >= 11 is 0. The van der Waals surface area contributed by atoms with Crippen LogP contribution < -0.4 is 20.3 Å². The molecule has 3 rings (SSSR count). The van der Waals surface area contributed by atoms with Crippen LogP contribution in [-0.4, -0.2) is 30.8 Å². The molecule has 3 aromatic carbocycles. The van der Waals surface area contributed by atoms with Crippen LogP contribution in [-0.2, 0) is 9.59 Å². The molecule has 0 heterocycles. The molecule has 7 heteroatoms. The molecule has 7 nitrogen and oxygen atoms in total. The first-order valence-electron chi connectivity index (χ1n) is 9.61. The maximum absolute atomic E-state index is 12.4. The maximum Gasteiger partial charge on any atom is 0.276 e. The third-order valence-electron chi connectivity index (χ3n) is 4.22. The number of carbonyl (C=O) groups excluding carboxylic acids is 3. The number of ether oxygens (including phenoxy) is 2. The topological polar surface area (TPSA) is 93.7 Å². The first-order chi connectivity index (χ1) is 15.0. The van der Waals surface area contributed by atoms with Gasteiger partial charge in [0.15, 0.2) is 19.0 Å². The molecule has 0 atom stereocenters. The Morgan fingerprint density at radius 2 is 1.26 bits per heavy atom. The largest absolute Gasteiger partial charge is 0.484 e. The lowest BCUT2D eigenvalue weighted by Crippen LogP contribution is -2.45. The van der Waals surface area contributed by atoms with E-state index in [1.54, 1.807) is 60.7 Å². The van der Waals surface area contributed by atoms with E-state index in [9.17, 15) is 14.4 Å². The van der Waals surface area contributed by atoms with Crippen LogP contribution in [0.25, 0.3) is 0 Å². The molecule has 0 aliphatic heterocycles. The molecule has 0 aliphatic carbocycles. The summed E-state index contributed by atoms with van der Waals surface area (Å²) < 4.78 is 10.7. The number of aryl methyl sites for hydroxylation is 1. The van der Waals surface area contributed by atoms with Crippen LogP contribution in [0.1, 0.15) is 21.5 Å². The van der Waals surface area contributed by atoms with E-state index in [4.69, 9.17) is 9.47 Å². The van der Waals surface area contributed by atoms with Gasteiger partial charge in [0.25, 0.3) is 11.8 Å². The monoisotopic (exact) mass is 418 g/mol. The maximum atomic E-state index is 12.4. The van der Waals surface area contributed by atoms with Gasteiger partial charge in [-0.2, -0.15) is 0 Å². The van der Waals surface area contributed by atoms with Crippen molar-refractivity contribution in [1.29, 1.82) is 0 Å². The third-order valence-corrected chi connectivity index (χ3v) is 4.22. The second-order valence-corrected chi connectivity index (χ2v) is 6.71. The van der Waals surface area contributed by atoms with Gasteiger partial charge in [-0.15, -0.1) is 0 Å². The number of hydrazine groups is 1. The third kappa shape index (κ3) is 6.71. The van der Waals surface area contributed by atoms with E-state index in [-0.39, 0.29) is 19.0 Å². The zero-order chi connectivity index (χ0) is 22.1. The van der Waals surface area contributed by atoms with Crippen LogP contribution in [0.3, 0.4) is 0 Å². The summed E-state index contributed by atoms with van der Waals surface area (Å²) in [5.41, 5.74) is 6.64. The first kappa shape index (κ1) is 21.6.